The van der Waals surface area contributed by atoms with Gasteiger partial charge < -0.3 is 14.9 Å². The number of benzene rings is 1. The Kier molecular flexibility index (Phi) is 6.85. The monoisotopic (exact) mass is 361 g/mol. The van der Waals surface area contributed by atoms with Crippen LogP contribution in [0, 0.1) is 5.82 Å². The third-order valence-electron chi connectivity index (χ3n) is 2.48. The fourth-order valence-electron chi connectivity index (χ4n) is 1.40. The van der Waals surface area contributed by atoms with Crippen molar-refractivity contribution >= 4 is 11.9 Å². The Labute approximate surface area is 138 Å². The van der Waals surface area contributed by atoms with Crippen LogP contribution in [0.15, 0.2) is 42.6 Å². The first-order valence-electron chi connectivity index (χ1n) is 6.46. The Hall–Kier alpha value is -3.17. The molecule has 0 saturated carbocycles. The zero-order valence-electron chi connectivity index (χ0n) is 12.3. The highest BCUT2D eigenvalue weighted by Crippen LogP contribution is 2.19. The average molecular weight is 361 g/mol. The second-order valence-electron chi connectivity index (χ2n) is 4.37. The Morgan fingerprint density at radius 3 is 2.00 bits per heavy atom. The molecule has 0 fully saturated rings. The zero-order valence-corrected chi connectivity index (χ0v) is 12.3. The summed E-state index contributed by atoms with van der Waals surface area (Å²) in [6, 6.07) is 9.25. The minimum atomic E-state index is -5.08. The molecule has 6 nitrogen and oxygen atoms in total. The number of pyridine rings is 1. The maximum Gasteiger partial charge on any atom is 0.490 e. The van der Waals surface area contributed by atoms with E-state index in [1.165, 1.54) is 18.3 Å². The van der Waals surface area contributed by atoms with Crippen molar-refractivity contribution in [3.8, 4) is 17.0 Å². The number of hydrogen-bond donors (Lipinski definition) is 2. The highest BCUT2D eigenvalue weighted by atomic mass is 19.4. The number of nitrogens with zero attached hydrogens (tertiary/aromatic N) is 1. The number of carboxylic acid groups (broad SMARTS) is 2. The first kappa shape index (κ1) is 19.9. The Bertz CT molecular complexity index is 714. The molecule has 0 aliphatic rings. The van der Waals surface area contributed by atoms with Gasteiger partial charge in [-0.3, -0.25) is 4.98 Å². The standard InChI is InChI=1S/C13H10FNO3.C2HF3O2/c14-10-3-1-9(2-4-10)12-6-5-11(7-15-12)18-8-13(16)17;3-2(4,5)1(6)7/h1-7H,8H2,(H,16,17);(H,6,7). The minimum absolute atomic E-state index is 0.305. The molecule has 1 aromatic heterocycles. The molecular formula is C15H11F4NO5. The Balaban J connectivity index is 0.000000381. The van der Waals surface area contributed by atoms with Crippen LogP contribution in [0.2, 0.25) is 0 Å². The highest BCUT2D eigenvalue weighted by molar-refractivity contribution is 5.73. The van der Waals surface area contributed by atoms with Gasteiger partial charge >= 0.3 is 18.1 Å². The number of alkyl halides is 3. The number of carbonyl (C=O) groups is 2. The van der Waals surface area contributed by atoms with Crippen LogP contribution in [-0.4, -0.2) is 39.9 Å². The summed E-state index contributed by atoms with van der Waals surface area (Å²) in [4.78, 5) is 23.3. The third kappa shape index (κ3) is 7.29. The van der Waals surface area contributed by atoms with Crippen molar-refractivity contribution in [3.05, 3.63) is 48.4 Å². The topological polar surface area (TPSA) is 96.7 Å². The van der Waals surface area contributed by atoms with Crippen LogP contribution in [0.1, 0.15) is 0 Å². The lowest BCUT2D eigenvalue weighted by Crippen LogP contribution is -2.21. The van der Waals surface area contributed by atoms with Gasteiger partial charge in [0.25, 0.3) is 0 Å². The number of rotatable bonds is 4. The molecule has 0 bridgehead atoms. The molecule has 2 rings (SSSR count). The van der Waals surface area contributed by atoms with E-state index in [-0.39, 0.29) is 5.82 Å². The van der Waals surface area contributed by atoms with E-state index in [1.807, 2.05) is 0 Å². The van der Waals surface area contributed by atoms with Gasteiger partial charge in [-0.25, -0.2) is 14.0 Å². The fraction of sp³-hybridized carbons (Fsp3) is 0.133. The molecule has 1 aromatic carbocycles. The molecule has 0 saturated heterocycles. The summed E-state index contributed by atoms with van der Waals surface area (Å²) in [5, 5.41) is 15.6. The van der Waals surface area contributed by atoms with E-state index >= 15 is 0 Å². The zero-order chi connectivity index (χ0) is 19.0. The molecule has 0 spiro atoms. The van der Waals surface area contributed by atoms with E-state index in [4.69, 9.17) is 19.7 Å². The summed E-state index contributed by atoms with van der Waals surface area (Å²) in [6.07, 6.45) is -3.65. The average Bonchev–Trinajstić information content (AvgIpc) is 2.54. The molecule has 0 atom stereocenters. The van der Waals surface area contributed by atoms with Crippen molar-refractivity contribution in [3.63, 3.8) is 0 Å². The van der Waals surface area contributed by atoms with Gasteiger partial charge in [-0.1, -0.05) is 0 Å². The second kappa shape index (κ2) is 8.62. The van der Waals surface area contributed by atoms with Gasteiger partial charge in [0.2, 0.25) is 0 Å². The maximum atomic E-state index is 12.7. The summed E-state index contributed by atoms with van der Waals surface area (Å²) in [7, 11) is 0. The third-order valence-corrected chi connectivity index (χ3v) is 2.48. The van der Waals surface area contributed by atoms with E-state index in [9.17, 15) is 22.4 Å². The largest absolute Gasteiger partial charge is 0.490 e. The Morgan fingerprint density at radius 1 is 1.04 bits per heavy atom. The van der Waals surface area contributed by atoms with E-state index in [0.29, 0.717) is 11.4 Å². The van der Waals surface area contributed by atoms with Crippen molar-refractivity contribution in [2.75, 3.05) is 6.61 Å². The number of halogens is 4. The van der Waals surface area contributed by atoms with E-state index in [2.05, 4.69) is 4.98 Å². The van der Waals surface area contributed by atoms with E-state index < -0.39 is 24.7 Å². The summed E-state index contributed by atoms with van der Waals surface area (Å²) in [5.74, 6) is -3.73. The van der Waals surface area contributed by atoms with Crippen LogP contribution in [0.3, 0.4) is 0 Å². The van der Waals surface area contributed by atoms with Crippen LogP contribution in [0.4, 0.5) is 17.6 Å². The SMILES string of the molecule is O=C(O)C(F)(F)F.O=C(O)COc1ccc(-c2ccc(F)cc2)nc1. The summed E-state index contributed by atoms with van der Waals surface area (Å²) >= 11 is 0. The number of aromatic nitrogens is 1. The lowest BCUT2D eigenvalue weighted by atomic mass is 10.1. The van der Waals surface area contributed by atoms with Gasteiger partial charge in [-0.15, -0.1) is 0 Å². The maximum absolute atomic E-state index is 12.7. The molecule has 0 aliphatic carbocycles. The van der Waals surface area contributed by atoms with Gasteiger partial charge in [0, 0.05) is 5.56 Å². The number of carboxylic acids is 2. The van der Waals surface area contributed by atoms with Crippen LogP contribution in [0.25, 0.3) is 11.3 Å². The van der Waals surface area contributed by atoms with Crippen LogP contribution in [-0.2, 0) is 9.59 Å². The van der Waals surface area contributed by atoms with Gasteiger partial charge in [0.05, 0.1) is 11.9 Å². The van der Waals surface area contributed by atoms with Crippen molar-refractivity contribution in [2.24, 2.45) is 0 Å². The van der Waals surface area contributed by atoms with Crippen molar-refractivity contribution in [1.29, 1.82) is 0 Å². The Morgan fingerprint density at radius 2 is 1.60 bits per heavy atom. The normalized spacial score (nSPS) is 10.4. The number of ether oxygens (including phenoxy) is 1. The first-order chi connectivity index (χ1) is 11.6. The van der Waals surface area contributed by atoms with E-state index in [0.717, 1.165) is 5.56 Å². The minimum Gasteiger partial charge on any atom is -0.480 e. The molecule has 1 heterocycles. The fourth-order valence-corrected chi connectivity index (χ4v) is 1.40. The second-order valence-corrected chi connectivity index (χ2v) is 4.37. The van der Waals surface area contributed by atoms with E-state index in [1.54, 1.807) is 24.3 Å². The molecule has 2 aromatic rings. The summed E-state index contributed by atoms with van der Waals surface area (Å²) < 4.78 is 49.4. The molecule has 0 unspecified atom stereocenters. The van der Waals surface area contributed by atoms with Crippen LogP contribution < -0.4 is 4.74 Å². The van der Waals surface area contributed by atoms with Crippen LogP contribution >= 0.6 is 0 Å². The molecule has 10 heteroatoms. The summed E-state index contributed by atoms with van der Waals surface area (Å²) in [6.45, 7) is -0.405. The lowest BCUT2D eigenvalue weighted by molar-refractivity contribution is -0.192. The van der Waals surface area contributed by atoms with Gasteiger partial charge in [-0.2, -0.15) is 13.2 Å². The molecule has 134 valence electrons. The van der Waals surface area contributed by atoms with Crippen molar-refractivity contribution < 1.29 is 42.1 Å². The first-order valence-corrected chi connectivity index (χ1v) is 6.46. The van der Waals surface area contributed by atoms with Gasteiger partial charge in [0.15, 0.2) is 6.61 Å². The van der Waals surface area contributed by atoms with Gasteiger partial charge in [0.1, 0.15) is 11.6 Å². The molecule has 2 N–H and O–H groups in total. The van der Waals surface area contributed by atoms with Crippen molar-refractivity contribution in [2.45, 2.75) is 6.18 Å². The molecule has 25 heavy (non-hydrogen) atoms. The quantitative estimate of drug-likeness (QED) is 0.813. The predicted octanol–water partition coefficient (Wildman–Crippen LogP) is 2.98. The number of aliphatic carboxylic acids is 2. The predicted molar refractivity (Wildman–Crippen MR) is 76.5 cm³/mol. The molecule has 0 amide bonds. The molecule has 0 radical (unpaired) electrons. The summed E-state index contributed by atoms with van der Waals surface area (Å²) in [5.41, 5.74) is 1.44. The highest BCUT2D eigenvalue weighted by Gasteiger charge is 2.38. The smallest absolute Gasteiger partial charge is 0.480 e. The van der Waals surface area contributed by atoms with Gasteiger partial charge in [-0.05, 0) is 36.4 Å². The number of hydrogen-bond acceptors (Lipinski definition) is 4. The lowest BCUT2D eigenvalue weighted by Gasteiger charge is -2.04. The van der Waals surface area contributed by atoms with Crippen LogP contribution in [0.5, 0.6) is 5.75 Å². The molecule has 0 aliphatic heterocycles. The molecular weight excluding hydrogens is 350 g/mol. The van der Waals surface area contributed by atoms with Crippen molar-refractivity contribution in [1.82, 2.24) is 4.98 Å².